The van der Waals surface area contributed by atoms with E-state index in [0.717, 1.165) is 10.2 Å². The van der Waals surface area contributed by atoms with Gasteiger partial charge in [-0.25, -0.2) is 0 Å². The van der Waals surface area contributed by atoms with Crippen LogP contribution in [0.4, 0.5) is 0 Å². The molecule has 1 rings (SSSR count). The van der Waals surface area contributed by atoms with Crippen LogP contribution in [0.15, 0.2) is 28.7 Å². The molecule has 0 aromatic heterocycles. The van der Waals surface area contributed by atoms with Crippen molar-refractivity contribution in [2.45, 2.75) is 13.0 Å². The van der Waals surface area contributed by atoms with Crippen LogP contribution < -0.4 is 10.5 Å². The quantitative estimate of drug-likeness (QED) is 0.863. The van der Waals surface area contributed by atoms with E-state index in [1.807, 2.05) is 31.2 Å². The molecule has 12 heavy (non-hydrogen) atoms. The molecular formula is C9H12BrNO. The zero-order chi connectivity index (χ0) is 8.97. The second-order valence-electron chi connectivity index (χ2n) is 2.72. The molecule has 0 radical (unpaired) electrons. The van der Waals surface area contributed by atoms with Crippen LogP contribution >= 0.6 is 15.9 Å². The molecule has 0 aliphatic rings. The van der Waals surface area contributed by atoms with Crippen molar-refractivity contribution < 1.29 is 4.74 Å². The van der Waals surface area contributed by atoms with E-state index in [1.54, 1.807) is 0 Å². The molecule has 0 amide bonds. The Bertz CT molecular complexity index is 250. The molecule has 0 saturated heterocycles. The monoisotopic (exact) mass is 229 g/mol. The number of ether oxygens (including phenoxy) is 1. The van der Waals surface area contributed by atoms with Gasteiger partial charge >= 0.3 is 0 Å². The van der Waals surface area contributed by atoms with Crippen molar-refractivity contribution >= 4 is 15.9 Å². The SMILES string of the molecule is CC(N)COc1ccccc1Br. The lowest BCUT2D eigenvalue weighted by Gasteiger charge is -2.09. The lowest BCUT2D eigenvalue weighted by molar-refractivity contribution is 0.294. The Balaban J connectivity index is 2.57. The highest BCUT2D eigenvalue weighted by molar-refractivity contribution is 9.10. The van der Waals surface area contributed by atoms with Gasteiger partial charge in [0.25, 0.3) is 0 Å². The molecule has 1 aromatic carbocycles. The van der Waals surface area contributed by atoms with Crippen molar-refractivity contribution in [3.05, 3.63) is 28.7 Å². The van der Waals surface area contributed by atoms with Gasteiger partial charge in [-0.05, 0) is 35.0 Å². The predicted octanol–water partition coefficient (Wildman–Crippen LogP) is 2.18. The van der Waals surface area contributed by atoms with Crippen LogP contribution in [0.1, 0.15) is 6.92 Å². The first-order valence-electron chi connectivity index (χ1n) is 3.83. The van der Waals surface area contributed by atoms with Crippen LogP contribution in [0.2, 0.25) is 0 Å². The average molecular weight is 230 g/mol. The smallest absolute Gasteiger partial charge is 0.133 e. The van der Waals surface area contributed by atoms with Crippen molar-refractivity contribution in [3.63, 3.8) is 0 Å². The summed E-state index contributed by atoms with van der Waals surface area (Å²) in [5.41, 5.74) is 5.55. The number of hydrogen-bond acceptors (Lipinski definition) is 2. The van der Waals surface area contributed by atoms with Crippen LogP contribution in [0.5, 0.6) is 5.75 Å². The van der Waals surface area contributed by atoms with Gasteiger partial charge in [0.05, 0.1) is 4.47 Å². The van der Waals surface area contributed by atoms with Gasteiger partial charge in [-0.3, -0.25) is 0 Å². The highest BCUT2D eigenvalue weighted by atomic mass is 79.9. The topological polar surface area (TPSA) is 35.2 Å². The molecule has 2 N–H and O–H groups in total. The van der Waals surface area contributed by atoms with Crippen LogP contribution in [-0.2, 0) is 0 Å². The van der Waals surface area contributed by atoms with E-state index in [1.165, 1.54) is 0 Å². The average Bonchev–Trinajstić information content (AvgIpc) is 2.03. The molecule has 0 heterocycles. The summed E-state index contributed by atoms with van der Waals surface area (Å²) < 4.78 is 6.39. The Morgan fingerprint density at radius 3 is 2.75 bits per heavy atom. The fourth-order valence-electron chi connectivity index (χ4n) is 0.783. The summed E-state index contributed by atoms with van der Waals surface area (Å²) in [6.45, 7) is 2.46. The summed E-state index contributed by atoms with van der Waals surface area (Å²) in [5, 5.41) is 0. The lowest BCUT2D eigenvalue weighted by Crippen LogP contribution is -2.23. The van der Waals surface area contributed by atoms with E-state index in [0.29, 0.717) is 6.61 Å². The third-order valence-corrected chi connectivity index (χ3v) is 1.99. The highest BCUT2D eigenvalue weighted by Gasteiger charge is 1.99. The van der Waals surface area contributed by atoms with Crippen LogP contribution in [0, 0.1) is 0 Å². The molecular weight excluding hydrogens is 218 g/mol. The summed E-state index contributed by atoms with van der Waals surface area (Å²) >= 11 is 3.38. The van der Waals surface area contributed by atoms with Crippen LogP contribution in [-0.4, -0.2) is 12.6 Å². The van der Waals surface area contributed by atoms with Gasteiger partial charge < -0.3 is 10.5 Å². The summed E-state index contributed by atoms with van der Waals surface area (Å²) in [7, 11) is 0. The molecule has 0 saturated carbocycles. The van der Waals surface area contributed by atoms with Gasteiger partial charge in [0.15, 0.2) is 0 Å². The van der Waals surface area contributed by atoms with Gasteiger partial charge in [0, 0.05) is 6.04 Å². The zero-order valence-corrected chi connectivity index (χ0v) is 8.54. The Hall–Kier alpha value is -0.540. The van der Waals surface area contributed by atoms with Crippen molar-refractivity contribution in [2.24, 2.45) is 5.73 Å². The first-order chi connectivity index (χ1) is 5.70. The Labute approximate surface area is 80.8 Å². The molecule has 0 bridgehead atoms. The number of rotatable bonds is 3. The molecule has 1 atom stereocenters. The Morgan fingerprint density at radius 1 is 1.50 bits per heavy atom. The summed E-state index contributed by atoms with van der Waals surface area (Å²) in [6.07, 6.45) is 0. The van der Waals surface area contributed by atoms with Gasteiger partial charge in [-0.2, -0.15) is 0 Å². The van der Waals surface area contributed by atoms with E-state index >= 15 is 0 Å². The van der Waals surface area contributed by atoms with E-state index in [4.69, 9.17) is 10.5 Å². The van der Waals surface area contributed by atoms with Crippen molar-refractivity contribution in [1.29, 1.82) is 0 Å². The number of halogens is 1. The molecule has 0 aliphatic carbocycles. The molecule has 3 heteroatoms. The maximum atomic E-state index is 5.55. The maximum Gasteiger partial charge on any atom is 0.133 e. The largest absolute Gasteiger partial charge is 0.491 e. The van der Waals surface area contributed by atoms with Gasteiger partial charge in [0.1, 0.15) is 12.4 Å². The minimum absolute atomic E-state index is 0.0668. The summed E-state index contributed by atoms with van der Waals surface area (Å²) in [4.78, 5) is 0. The fraction of sp³-hybridized carbons (Fsp3) is 0.333. The molecule has 0 aliphatic heterocycles. The highest BCUT2D eigenvalue weighted by Crippen LogP contribution is 2.23. The van der Waals surface area contributed by atoms with Crippen molar-refractivity contribution in [2.75, 3.05) is 6.61 Å². The molecule has 1 unspecified atom stereocenters. The number of nitrogens with two attached hydrogens (primary N) is 1. The first kappa shape index (κ1) is 9.55. The predicted molar refractivity (Wildman–Crippen MR) is 53.3 cm³/mol. The molecule has 1 aromatic rings. The minimum Gasteiger partial charge on any atom is -0.491 e. The van der Waals surface area contributed by atoms with Gasteiger partial charge in [-0.1, -0.05) is 12.1 Å². The summed E-state index contributed by atoms with van der Waals surface area (Å²) in [6, 6.07) is 7.80. The number of hydrogen-bond donors (Lipinski definition) is 1. The molecule has 0 spiro atoms. The third-order valence-electron chi connectivity index (χ3n) is 1.34. The summed E-state index contributed by atoms with van der Waals surface area (Å²) in [5.74, 6) is 0.842. The van der Waals surface area contributed by atoms with E-state index in [2.05, 4.69) is 15.9 Å². The Morgan fingerprint density at radius 2 is 2.17 bits per heavy atom. The maximum absolute atomic E-state index is 5.55. The van der Waals surface area contributed by atoms with Crippen LogP contribution in [0.25, 0.3) is 0 Å². The number of para-hydroxylation sites is 1. The Kier molecular flexibility index (Phi) is 3.56. The molecule has 2 nitrogen and oxygen atoms in total. The fourth-order valence-corrected chi connectivity index (χ4v) is 1.18. The standard InChI is InChI=1S/C9H12BrNO/c1-7(11)6-12-9-5-3-2-4-8(9)10/h2-5,7H,6,11H2,1H3. The van der Waals surface area contributed by atoms with Gasteiger partial charge in [-0.15, -0.1) is 0 Å². The van der Waals surface area contributed by atoms with Crippen molar-refractivity contribution in [3.8, 4) is 5.75 Å². The molecule has 0 fully saturated rings. The van der Waals surface area contributed by atoms with E-state index in [-0.39, 0.29) is 6.04 Å². The second kappa shape index (κ2) is 4.48. The number of benzene rings is 1. The zero-order valence-electron chi connectivity index (χ0n) is 6.96. The van der Waals surface area contributed by atoms with Gasteiger partial charge in [0.2, 0.25) is 0 Å². The second-order valence-corrected chi connectivity index (χ2v) is 3.57. The van der Waals surface area contributed by atoms with Crippen LogP contribution in [0.3, 0.4) is 0 Å². The minimum atomic E-state index is 0.0668. The molecule has 66 valence electrons. The van der Waals surface area contributed by atoms with E-state index in [9.17, 15) is 0 Å². The lowest BCUT2D eigenvalue weighted by atomic mass is 10.3. The van der Waals surface area contributed by atoms with Crippen molar-refractivity contribution in [1.82, 2.24) is 0 Å². The normalized spacial score (nSPS) is 12.6. The third kappa shape index (κ3) is 2.83. The van der Waals surface area contributed by atoms with E-state index < -0.39 is 0 Å². The first-order valence-corrected chi connectivity index (χ1v) is 4.62.